The fourth-order valence-corrected chi connectivity index (χ4v) is 0.137. The Morgan fingerprint density at radius 3 is 1.88 bits per heavy atom. The smallest absolute Gasteiger partial charge is 0.208 e. The first-order chi connectivity index (χ1) is 3.81. The maximum Gasteiger partial charge on any atom is 0.208 e. The standard InChI is InChI=1S/C2H4N4O2/c3-6(4-1-7)5-2-8/h1-2H,(H,4,7)(H,5,8). The first-order valence-electron chi connectivity index (χ1n) is 1.70. The Morgan fingerprint density at radius 2 is 1.62 bits per heavy atom. The summed E-state index contributed by atoms with van der Waals surface area (Å²) in [5.74, 6) is 0. The van der Waals surface area contributed by atoms with Crippen molar-refractivity contribution >= 4 is 12.8 Å². The van der Waals surface area contributed by atoms with Crippen LogP contribution in [0.4, 0.5) is 0 Å². The van der Waals surface area contributed by atoms with Crippen molar-refractivity contribution in [2.24, 2.45) is 0 Å². The Morgan fingerprint density at radius 1 is 1.25 bits per heavy atom. The zero-order valence-corrected chi connectivity index (χ0v) is 3.87. The third-order valence-electron chi connectivity index (χ3n) is 0.350. The molecule has 0 heterocycles. The molecule has 6 nitrogen and oxygen atoms in total. The molecule has 2 N–H and O–H groups in total. The predicted octanol–water partition coefficient (Wildman–Crippen LogP) is -1.66. The number of hydrogen-bond donors (Lipinski definition) is 2. The van der Waals surface area contributed by atoms with Crippen LogP contribution >= 0.6 is 0 Å². The van der Waals surface area contributed by atoms with Gasteiger partial charge in [-0.25, -0.2) is 0 Å². The number of nitrogens with one attached hydrogen (secondary N) is 2. The summed E-state index contributed by atoms with van der Waals surface area (Å²) >= 11 is 0. The van der Waals surface area contributed by atoms with Crippen LogP contribution in [-0.2, 0) is 9.59 Å². The van der Waals surface area contributed by atoms with Crippen molar-refractivity contribution in [2.45, 2.75) is 0 Å². The Bertz CT molecular complexity index is 98.6. The average Bonchev–Trinajstić information content (AvgIpc) is 1.68. The van der Waals surface area contributed by atoms with Crippen LogP contribution in [0.25, 0.3) is 5.53 Å². The summed E-state index contributed by atoms with van der Waals surface area (Å²) in [6, 6.07) is 0. The molecule has 0 aromatic heterocycles. The lowest BCUT2D eigenvalue weighted by molar-refractivity contribution is -0.633. The molecular weight excluding hydrogens is 112 g/mol. The van der Waals surface area contributed by atoms with Gasteiger partial charge >= 0.3 is 0 Å². The fraction of sp³-hybridized carbons (Fsp3) is 0. The Hall–Kier alpha value is -1.46. The van der Waals surface area contributed by atoms with Crippen molar-refractivity contribution in [2.75, 3.05) is 0 Å². The maximum absolute atomic E-state index is 9.42. The molecule has 2 amide bonds. The minimum atomic E-state index is 0.125. The first-order valence-corrected chi connectivity index (χ1v) is 1.70. The summed E-state index contributed by atoms with van der Waals surface area (Å²) in [6.07, 6.45) is 0.410. The van der Waals surface area contributed by atoms with E-state index in [2.05, 4.69) is 0 Å². The van der Waals surface area contributed by atoms with Crippen LogP contribution in [0.1, 0.15) is 0 Å². The molecule has 0 atom stereocenters. The highest BCUT2D eigenvalue weighted by molar-refractivity contribution is 5.45. The molecule has 0 aromatic rings. The minimum Gasteiger partial charge on any atom is -0.291 e. The lowest BCUT2D eigenvalue weighted by Gasteiger charge is -1.93. The molecule has 0 saturated carbocycles. The van der Waals surface area contributed by atoms with E-state index in [0.717, 1.165) is 0 Å². The monoisotopic (exact) mass is 116 g/mol. The van der Waals surface area contributed by atoms with Gasteiger partial charge in [-0.05, 0) is 10.4 Å². The van der Waals surface area contributed by atoms with Gasteiger partial charge in [0.2, 0.25) is 12.8 Å². The molecule has 8 heavy (non-hydrogen) atoms. The molecule has 0 aliphatic carbocycles. The molecule has 0 aromatic carbocycles. The largest absolute Gasteiger partial charge is 0.291 e. The van der Waals surface area contributed by atoms with Crippen molar-refractivity contribution in [1.82, 2.24) is 10.9 Å². The van der Waals surface area contributed by atoms with E-state index in [1.807, 2.05) is 0 Å². The molecule has 6 heteroatoms. The van der Waals surface area contributed by atoms with Gasteiger partial charge < -0.3 is 0 Å². The Balaban J connectivity index is 3.32. The zero-order valence-electron chi connectivity index (χ0n) is 3.87. The van der Waals surface area contributed by atoms with Crippen LogP contribution in [-0.4, -0.2) is 17.7 Å². The molecule has 0 fully saturated rings. The quantitative estimate of drug-likeness (QED) is 0.199. The summed E-state index contributed by atoms with van der Waals surface area (Å²) < 4.78 is 0. The van der Waals surface area contributed by atoms with Gasteiger partial charge in [0.25, 0.3) is 0 Å². The van der Waals surface area contributed by atoms with E-state index in [0.29, 0.717) is 0 Å². The molecule has 0 unspecified atom stereocenters. The van der Waals surface area contributed by atoms with Gasteiger partial charge in [-0.1, -0.05) is 0 Å². The minimum absolute atomic E-state index is 0.125. The van der Waals surface area contributed by atoms with Gasteiger partial charge in [-0.15, -0.1) is 0 Å². The normalized spacial score (nSPS) is 7.00. The third kappa shape index (κ3) is 2.76. The second-order valence-corrected chi connectivity index (χ2v) is 0.806. The molecule has 0 spiro atoms. The van der Waals surface area contributed by atoms with Gasteiger partial charge in [-0.2, -0.15) is 10.9 Å². The van der Waals surface area contributed by atoms with Crippen molar-refractivity contribution in [3.8, 4) is 0 Å². The van der Waals surface area contributed by atoms with E-state index in [1.165, 1.54) is 0 Å². The number of hydrazine groups is 2. The van der Waals surface area contributed by atoms with Gasteiger partial charge in [0.1, 0.15) is 0 Å². The second-order valence-electron chi connectivity index (χ2n) is 0.806. The van der Waals surface area contributed by atoms with Crippen LogP contribution in [0.5, 0.6) is 0 Å². The van der Waals surface area contributed by atoms with Crippen molar-refractivity contribution in [3.63, 3.8) is 0 Å². The molecule has 0 bridgehead atoms. The van der Waals surface area contributed by atoms with Gasteiger partial charge in [0.15, 0.2) is 0 Å². The molecule has 44 valence electrons. The number of carbonyl (C=O) groups excluding carboxylic acids is 2. The molecule has 0 aliphatic rings. The number of amides is 2. The van der Waals surface area contributed by atoms with Gasteiger partial charge in [-0.3, -0.25) is 9.59 Å². The topological polar surface area (TPSA) is 83.5 Å². The highest BCUT2D eigenvalue weighted by Crippen LogP contribution is 1.46. The molecule has 0 saturated heterocycles. The maximum atomic E-state index is 9.42. The van der Waals surface area contributed by atoms with E-state index < -0.39 is 0 Å². The van der Waals surface area contributed by atoms with Crippen LogP contribution in [0, 0.1) is 0 Å². The van der Waals surface area contributed by atoms with Crippen LogP contribution in [0.3, 0.4) is 0 Å². The second kappa shape index (κ2) is 3.72. The molecule has 0 rings (SSSR count). The summed E-state index contributed by atoms with van der Waals surface area (Å²) in [6.45, 7) is 0. The Kier molecular flexibility index (Phi) is 3.04. The number of rotatable bonds is 4. The summed E-state index contributed by atoms with van der Waals surface area (Å²) in [5, 5.41) is 0. The third-order valence-corrected chi connectivity index (χ3v) is 0.350. The van der Waals surface area contributed by atoms with Crippen LogP contribution in [0.15, 0.2) is 0 Å². The number of hydrogen-bond acceptors (Lipinski definition) is 2. The first kappa shape index (κ1) is 6.54. The molecule has 0 radical (unpaired) electrons. The summed E-state index contributed by atoms with van der Waals surface area (Å²) in [7, 11) is 0. The number of nitrogens with zero attached hydrogens (tertiary/aromatic N) is 2. The lowest BCUT2D eigenvalue weighted by atomic mass is 11.4. The molecular formula is C2H4N4O2. The van der Waals surface area contributed by atoms with E-state index in [4.69, 9.17) is 5.53 Å². The SMILES string of the molecule is [N-]=[N+](NC=O)NC=O. The summed E-state index contributed by atoms with van der Waals surface area (Å²) in [4.78, 5) is 19.0. The zero-order chi connectivity index (χ0) is 6.41. The Labute approximate surface area is 44.9 Å². The van der Waals surface area contributed by atoms with Gasteiger partial charge in [0.05, 0.1) is 0 Å². The van der Waals surface area contributed by atoms with E-state index in [-0.39, 0.29) is 17.7 Å². The highest BCUT2D eigenvalue weighted by Gasteiger charge is 1.83. The van der Waals surface area contributed by atoms with E-state index in [9.17, 15) is 9.59 Å². The van der Waals surface area contributed by atoms with Crippen molar-refractivity contribution in [3.05, 3.63) is 5.53 Å². The van der Waals surface area contributed by atoms with Crippen molar-refractivity contribution < 1.29 is 14.5 Å². The van der Waals surface area contributed by atoms with Crippen LogP contribution in [0.2, 0.25) is 0 Å². The van der Waals surface area contributed by atoms with Crippen LogP contribution < -0.4 is 10.9 Å². The molecule has 0 aliphatic heterocycles. The summed E-state index contributed by atoms with van der Waals surface area (Å²) in [5.41, 5.74) is 11.6. The van der Waals surface area contributed by atoms with E-state index >= 15 is 0 Å². The van der Waals surface area contributed by atoms with Gasteiger partial charge in [0, 0.05) is 0 Å². The fourth-order valence-electron chi connectivity index (χ4n) is 0.137. The van der Waals surface area contributed by atoms with E-state index in [1.54, 1.807) is 10.9 Å². The van der Waals surface area contributed by atoms with Crippen molar-refractivity contribution in [1.29, 1.82) is 0 Å². The highest BCUT2D eigenvalue weighted by atomic mass is 16.2. The predicted molar refractivity (Wildman–Crippen MR) is 22.0 cm³/mol. The average molecular weight is 116 g/mol. The lowest BCUT2D eigenvalue weighted by Crippen LogP contribution is -2.35. The number of carbonyl (C=O) groups is 2.